The highest BCUT2D eigenvalue weighted by atomic mass is 79.9. The fourth-order valence-corrected chi connectivity index (χ4v) is 4.33. The zero-order valence-electron chi connectivity index (χ0n) is 15.4. The van der Waals surface area contributed by atoms with Crippen molar-refractivity contribution in [3.63, 3.8) is 0 Å². The minimum Gasteiger partial charge on any atom is -0.492 e. The molecule has 3 rings (SSSR count). The van der Waals surface area contributed by atoms with Gasteiger partial charge in [-0.05, 0) is 64.7 Å². The molecular weight excluding hydrogens is 442 g/mol. The van der Waals surface area contributed by atoms with Crippen molar-refractivity contribution in [1.82, 2.24) is 0 Å². The third-order valence-electron chi connectivity index (χ3n) is 3.91. The van der Waals surface area contributed by atoms with E-state index in [9.17, 15) is 4.79 Å². The number of benzene rings is 2. The molecule has 2 aromatic carbocycles. The summed E-state index contributed by atoms with van der Waals surface area (Å²) in [7, 11) is 0. The lowest BCUT2D eigenvalue weighted by Gasteiger charge is -2.14. The number of nitrogens with zero attached hydrogens (tertiary/aromatic N) is 1. The first-order chi connectivity index (χ1) is 12.8. The first-order valence-corrected chi connectivity index (χ1v) is 10.6. The number of rotatable bonds is 5. The third kappa shape index (κ3) is 4.81. The van der Waals surface area contributed by atoms with E-state index in [2.05, 4.69) is 29.8 Å². The standard InChI is InChI=1S/C21H20BrNO2S2/c1-13(2)12-25-18-9-6-15(10-17(18)22)11-19-20(24)23(21(26)27-19)16-7-4-14(3)5-8-16/h4-11,13H,12H2,1-3H3/b19-11-. The largest absolute Gasteiger partial charge is 0.492 e. The van der Waals surface area contributed by atoms with E-state index in [0.29, 0.717) is 21.8 Å². The molecule has 0 aliphatic carbocycles. The highest BCUT2D eigenvalue weighted by Gasteiger charge is 2.33. The van der Waals surface area contributed by atoms with Crippen LogP contribution in [0.25, 0.3) is 6.08 Å². The molecule has 0 bridgehead atoms. The van der Waals surface area contributed by atoms with Crippen molar-refractivity contribution in [1.29, 1.82) is 0 Å². The average Bonchev–Trinajstić information content (AvgIpc) is 2.88. The Morgan fingerprint density at radius 1 is 1.22 bits per heavy atom. The van der Waals surface area contributed by atoms with Gasteiger partial charge in [0.25, 0.3) is 5.91 Å². The molecule has 0 saturated carbocycles. The van der Waals surface area contributed by atoms with Crippen molar-refractivity contribution in [2.24, 2.45) is 5.92 Å². The van der Waals surface area contributed by atoms with Crippen LogP contribution in [0, 0.1) is 12.8 Å². The molecule has 0 atom stereocenters. The Hall–Kier alpha value is -1.63. The second-order valence-electron chi connectivity index (χ2n) is 6.75. The molecule has 1 aliphatic heterocycles. The minimum absolute atomic E-state index is 0.0925. The molecule has 27 heavy (non-hydrogen) atoms. The molecule has 1 aliphatic rings. The summed E-state index contributed by atoms with van der Waals surface area (Å²) in [6, 6.07) is 13.6. The smallest absolute Gasteiger partial charge is 0.270 e. The first-order valence-electron chi connectivity index (χ1n) is 8.62. The van der Waals surface area contributed by atoms with Gasteiger partial charge in [0.2, 0.25) is 0 Å². The topological polar surface area (TPSA) is 29.5 Å². The monoisotopic (exact) mass is 461 g/mol. The van der Waals surface area contributed by atoms with Crippen LogP contribution in [-0.2, 0) is 4.79 Å². The van der Waals surface area contributed by atoms with Crippen molar-refractivity contribution in [3.8, 4) is 5.75 Å². The number of ether oxygens (including phenoxy) is 1. The van der Waals surface area contributed by atoms with Crippen molar-refractivity contribution in [2.75, 3.05) is 11.5 Å². The van der Waals surface area contributed by atoms with Gasteiger partial charge in [0.05, 0.1) is 21.7 Å². The Kier molecular flexibility index (Phi) is 6.40. The summed E-state index contributed by atoms with van der Waals surface area (Å²) < 4.78 is 7.19. The Labute approximate surface area is 177 Å². The van der Waals surface area contributed by atoms with Gasteiger partial charge in [0.15, 0.2) is 4.32 Å². The molecule has 0 unspecified atom stereocenters. The van der Waals surface area contributed by atoms with Crippen LogP contribution in [0.1, 0.15) is 25.0 Å². The summed E-state index contributed by atoms with van der Waals surface area (Å²) in [5, 5.41) is 0. The fourth-order valence-electron chi connectivity index (χ4n) is 2.52. The van der Waals surface area contributed by atoms with Gasteiger partial charge in [0.1, 0.15) is 5.75 Å². The highest BCUT2D eigenvalue weighted by Crippen LogP contribution is 2.37. The number of thiocarbonyl (C=S) groups is 1. The van der Waals surface area contributed by atoms with Crippen LogP contribution in [0.2, 0.25) is 0 Å². The van der Waals surface area contributed by atoms with E-state index in [0.717, 1.165) is 27.0 Å². The first kappa shape index (κ1) is 20.1. The van der Waals surface area contributed by atoms with Gasteiger partial charge in [0, 0.05) is 0 Å². The van der Waals surface area contributed by atoms with Crippen molar-refractivity contribution < 1.29 is 9.53 Å². The normalized spacial score (nSPS) is 15.9. The molecule has 0 N–H and O–H groups in total. The van der Waals surface area contributed by atoms with Gasteiger partial charge in [-0.25, -0.2) is 0 Å². The number of thioether (sulfide) groups is 1. The number of anilines is 1. The number of carbonyl (C=O) groups excluding carboxylic acids is 1. The lowest BCUT2D eigenvalue weighted by molar-refractivity contribution is -0.113. The Morgan fingerprint density at radius 3 is 2.56 bits per heavy atom. The highest BCUT2D eigenvalue weighted by molar-refractivity contribution is 9.10. The molecule has 1 amide bonds. The van der Waals surface area contributed by atoms with Gasteiger partial charge >= 0.3 is 0 Å². The molecular formula is C21H20BrNO2S2. The second-order valence-corrected chi connectivity index (χ2v) is 9.28. The maximum Gasteiger partial charge on any atom is 0.270 e. The van der Waals surface area contributed by atoms with Gasteiger partial charge < -0.3 is 4.74 Å². The minimum atomic E-state index is -0.0925. The molecule has 1 fully saturated rings. The van der Waals surface area contributed by atoms with E-state index >= 15 is 0 Å². The molecule has 2 aromatic rings. The number of hydrogen-bond acceptors (Lipinski definition) is 4. The van der Waals surface area contributed by atoms with E-state index in [1.54, 1.807) is 4.90 Å². The number of carbonyl (C=O) groups is 1. The predicted octanol–water partition coefficient (Wildman–Crippen LogP) is 6.20. The number of halogens is 1. The second kappa shape index (κ2) is 8.59. The van der Waals surface area contributed by atoms with Crippen molar-refractivity contribution >= 4 is 61.9 Å². The van der Waals surface area contributed by atoms with Crippen molar-refractivity contribution in [2.45, 2.75) is 20.8 Å². The molecule has 3 nitrogen and oxygen atoms in total. The van der Waals surface area contributed by atoms with Gasteiger partial charge in [-0.3, -0.25) is 9.69 Å². The lowest BCUT2D eigenvalue weighted by Crippen LogP contribution is -2.27. The number of aryl methyl sites for hydroxylation is 1. The molecule has 140 valence electrons. The molecule has 0 radical (unpaired) electrons. The fraction of sp³-hybridized carbons (Fsp3) is 0.238. The molecule has 1 saturated heterocycles. The summed E-state index contributed by atoms with van der Waals surface area (Å²) in [6.07, 6.45) is 1.87. The van der Waals surface area contributed by atoms with E-state index < -0.39 is 0 Å². The maximum atomic E-state index is 12.8. The number of amides is 1. The van der Waals surface area contributed by atoms with Gasteiger partial charge in [-0.15, -0.1) is 0 Å². The Morgan fingerprint density at radius 2 is 1.93 bits per heavy atom. The van der Waals surface area contributed by atoms with E-state index in [1.807, 2.05) is 55.5 Å². The summed E-state index contributed by atoms with van der Waals surface area (Å²) in [6.45, 7) is 6.89. The van der Waals surface area contributed by atoms with Crippen LogP contribution in [0.5, 0.6) is 5.75 Å². The molecule has 0 aromatic heterocycles. The number of hydrogen-bond donors (Lipinski definition) is 0. The maximum absolute atomic E-state index is 12.8. The molecule has 1 heterocycles. The van der Waals surface area contributed by atoms with Gasteiger partial charge in [-0.1, -0.05) is 61.6 Å². The Balaban J connectivity index is 1.81. The summed E-state index contributed by atoms with van der Waals surface area (Å²) >= 11 is 10.3. The zero-order chi connectivity index (χ0) is 19.6. The zero-order valence-corrected chi connectivity index (χ0v) is 18.6. The van der Waals surface area contributed by atoms with Crippen LogP contribution in [-0.4, -0.2) is 16.8 Å². The summed E-state index contributed by atoms with van der Waals surface area (Å²) in [4.78, 5) is 15.0. The third-order valence-corrected chi connectivity index (χ3v) is 5.83. The summed E-state index contributed by atoms with van der Waals surface area (Å²) in [5.41, 5.74) is 2.86. The average molecular weight is 462 g/mol. The van der Waals surface area contributed by atoms with Gasteiger partial charge in [-0.2, -0.15) is 0 Å². The van der Waals surface area contributed by atoms with E-state index in [4.69, 9.17) is 17.0 Å². The molecule has 6 heteroatoms. The quantitative estimate of drug-likeness (QED) is 0.391. The molecule has 0 spiro atoms. The van der Waals surface area contributed by atoms with Crippen LogP contribution in [0.15, 0.2) is 51.8 Å². The SMILES string of the molecule is Cc1ccc(N2C(=O)/C(=C/c3ccc(OCC(C)C)c(Br)c3)SC2=S)cc1. The van der Waals surface area contributed by atoms with E-state index in [1.165, 1.54) is 11.8 Å². The van der Waals surface area contributed by atoms with Crippen LogP contribution < -0.4 is 9.64 Å². The van der Waals surface area contributed by atoms with Crippen LogP contribution in [0.3, 0.4) is 0 Å². The lowest BCUT2D eigenvalue weighted by atomic mass is 10.2. The Bertz CT molecular complexity index is 907. The van der Waals surface area contributed by atoms with Crippen molar-refractivity contribution in [3.05, 3.63) is 63.0 Å². The van der Waals surface area contributed by atoms with Crippen LogP contribution >= 0.6 is 39.9 Å². The van der Waals surface area contributed by atoms with Crippen LogP contribution in [0.4, 0.5) is 5.69 Å². The van der Waals surface area contributed by atoms with E-state index in [-0.39, 0.29) is 5.91 Å². The summed E-state index contributed by atoms with van der Waals surface area (Å²) in [5.74, 6) is 1.16. The predicted molar refractivity (Wildman–Crippen MR) is 121 cm³/mol.